The van der Waals surface area contributed by atoms with Gasteiger partial charge in [0, 0.05) is 12.2 Å². The number of nitrogens with zero attached hydrogens (tertiary/aromatic N) is 1. The third-order valence-electron chi connectivity index (χ3n) is 3.92. The summed E-state index contributed by atoms with van der Waals surface area (Å²) in [6, 6.07) is 1.18. The molecule has 1 N–H and O–H groups in total. The van der Waals surface area contributed by atoms with Gasteiger partial charge in [-0.2, -0.15) is 13.2 Å². The number of aromatic nitrogens is 1. The van der Waals surface area contributed by atoms with Crippen molar-refractivity contribution in [3.8, 4) is 0 Å². The molecule has 112 valence electrons. The molecule has 1 aromatic heterocycles. The molecule has 1 aliphatic carbocycles. The molecule has 2 nitrogen and oxygen atoms in total. The molecule has 1 heterocycles. The standard InChI is InChI=1S/C14H18ClF3N2/c1-2-9-5-3-4-6-12(9)20-13-11(15)7-10(8-19-13)14(16,17)18/h7-9,12H,2-6H2,1H3,(H,19,20). The minimum atomic E-state index is -4.41. The maximum absolute atomic E-state index is 12.6. The van der Waals surface area contributed by atoms with Gasteiger partial charge >= 0.3 is 6.18 Å². The van der Waals surface area contributed by atoms with E-state index in [1.807, 2.05) is 0 Å². The largest absolute Gasteiger partial charge is 0.417 e. The van der Waals surface area contributed by atoms with Crippen LogP contribution in [0.5, 0.6) is 0 Å². The molecule has 2 unspecified atom stereocenters. The highest BCUT2D eigenvalue weighted by molar-refractivity contribution is 6.33. The summed E-state index contributed by atoms with van der Waals surface area (Å²) < 4.78 is 37.7. The Hall–Kier alpha value is -0.970. The average molecular weight is 307 g/mol. The zero-order chi connectivity index (χ0) is 14.8. The van der Waals surface area contributed by atoms with Crippen LogP contribution in [0.2, 0.25) is 5.02 Å². The van der Waals surface area contributed by atoms with Crippen LogP contribution in [-0.2, 0) is 6.18 Å². The van der Waals surface area contributed by atoms with Crippen LogP contribution in [0, 0.1) is 5.92 Å². The van der Waals surface area contributed by atoms with Gasteiger partial charge in [0.25, 0.3) is 0 Å². The summed E-state index contributed by atoms with van der Waals surface area (Å²) in [4.78, 5) is 3.84. The van der Waals surface area contributed by atoms with E-state index in [9.17, 15) is 13.2 Å². The number of nitrogens with one attached hydrogen (secondary N) is 1. The van der Waals surface area contributed by atoms with E-state index in [1.54, 1.807) is 0 Å². The zero-order valence-electron chi connectivity index (χ0n) is 11.3. The number of hydrogen-bond donors (Lipinski definition) is 1. The highest BCUT2D eigenvalue weighted by atomic mass is 35.5. The van der Waals surface area contributed by atoms with Gasteiger partial charge in [-0.1, -0.05) is 37.8 Å². The number of hydrogen-bond acceptors (Lipinski definition) is 2. The SMILES string of the molecule is CCC1CCCCC1Nc1ncc(C(F)(F)F)cc1Cl. The zero-order valence-corrected chi connectivity index (χ0v) is 12.1. The maximum atomic E-state index is 12.6. The van der Waals surface area contributed by atoms with Crippen molar-refractivity contribution < 1.29 is 13.2 Å². The van der Waals surface area contributed by atoms with Gasteiger partial charge in [-0.05, 0) is 24.8 Å². The number of rotatable bonds is 3. The summed E-state index contributed by atoms with van der Waals surface area (Å²) in [6.45, 7) is 2.13. The first-order valence-electron chi connectivity index (χ1n) is 6.91. The van der Waals surface area contributed by atoms with Crippen molar-refractivity contribution in [1.82, 2.24) is 4.98 Å². The molecule has 0 aliphatic heterocycles. The Labute approximate surface area is 121 Å². The lowest BCUT2D eigenvalue weighted by Gasteiger charge is -2.32. The molecule has 0 aromatic carbocycles. The van der Waals surface area contributed by atoms with Crippen molar-refractivity contribution in [1.29, 1.82) is 0 Å². The summed E-state index contributed by atoms with van der Waals surface area (Å²) >= 11 is 5.92. The number of anilines is 1. The fraction of sp³-hybridized carbons (Fsp3) is 0.643. The van der Waals surface area contributed by atoms with Crippen molar-refractivity contribution in [3.05, 3.63) is 22.8 Å². The summed E-state index contributed by atoms with van der Waals surface area (Å²) in [5.74, 6) is 0.883. The van der Waals surface area contributed by atoms with Crippen LogP contribution in [0.4, 0.5) is 19.0 Å². The highest BCUT2D eigenvalue weighted by Gasteiger charge is 2.32. The number of halogens is 4. The molecule has 2 atom stereocenters. The van der Waals surface area contributed by atoms with E-state index in [2.05, 4.69) is 17.2 Å². The van der Waals surface area contributed by atoms with Crippen LogP contribution in [-0.4, -0.2) is 11.0 Å². The van der Waals surface area contributed by atoms with E-state index in [0.717, 1.165) is 37.9 Å². The summed E-state index contributed by atoms with van der Waals surface area (Å²) in [5.41, 5.74) is -0.816. The van der Waals surface area contributed by atoms with Crippen LogP contribution < -0.4 is 5.32 Å². The lowest BCUT2D eigenvalue weighted by Crippen LogP contribution is -2.32. The van der Waals surface area contributed by atoms with E-state index >= 15 is 0 Å². The Morgan fingerprint density at radius 1 is 1.35 bits per heavy atom. The molecule has 1 aromatic rings. The minimum Gasteiger partial charge on any atom is -0.366 e. The van der Waals surface area contributed by atoms with Gasteiger partial charge in [-0.15, -0.1) is 0 Å². The second-order valence-electron chi connectivity index (χ2n) is 5.26. The summed E-state index contributed by atoms with van der Waals surface area (Å²) in [7, 11) is 0. The van der Waals surface area contributed by atoms with E-state index in [1.165, 1.54) is 6.42 Å². The smallest absolute Gasteiger partial charge is 0.366 e. The minimum absolute atomic E-state index is 0.0280. The monoisotopic (exact) mass is 306 g/mol. The molecule has 0 bridgehead atoms. The normalized spacial score (nSPS) is 23.6. The van der Waals surface area contributed by atoms with Gasteiger partial charge < -0.3 is 5.32 Å². The first-order valence-corrected chi connectivity index (χ1v) is 7.29. The second-order valence-corrected chi connectivity index (χ2v) is 5.66. The molecule has 0 radical (unpaired) electrons. The molecular formula is C14H18ClF3N2. The molecule has 0 amide bonds. The molecule has 0 spiro atoms. The maximum Gasteiger partial charge on any atom is 0.417 e. The Morgan fingerprint density at radius 2 is 2.05 bits per heavy atom. The van der Waals surface area contributed by atoms with Gasteiger partial charge in [-0.25, -0.2) is 4.98 Å². The third kappa shape index (κ3) is 3.57. The molecule has 6 heteroatoms. The van der Waals surface area contributed by atoms with Crippen LogP contribution in [0.3, 0.4) is 0 Å². The van der Waals surface area contributed by atoms with Crippen molar-refractivity contribution >= 4 is 17.4 Å². The van der Waals surface area contributed by atoms with Crippen molar-refractivity contribution in [3.63, 3.8) is 0 Å². The Balaban J connectivity index is 2.13. The van der Waals surface area contributed by atoms with E-state index in [0.29, 0.717) is 11.7 Å². The molecule has 1 saturated carbocycles. The topological polar surface area (TPSA) is 24.9 Å². The number of alkyl halides is 3. The molecule has 1 aliphatic rings. The fourth-order valence-corrected chi connectivity index (χ4v) is 2.98. The fourth-order valence-electron chi connectivity index (χ4n) is 2.76. The van der Waals surface area contributed by atoms with Gasteiger partial charge in [0.2, 0.25) is 0 Å². The van der Waals surface area contributed by atoms with Gasteiger partial charge in [0.05, 0.1) is 10.6 Å². The van der Waals surface area contributed by atoms with Crippen molar-refractivity contribution in [2.24, 2.45) is 5.92 Å². The average Bonchev–Trinajstić information content (AvgIpc) is 2.40. The highest BCUT2D eigenvalue weighted by Crippen LogP contribution is 2.34. The molecule has 20 heavy (non-hydrogen) atoms. The van der Waals surface area contributed by atoms with Gasteiger partial charge in [0.1, 0.15) is 5.82 Å². The number of pyridine rings is 1. The van der Waals surface area contributed by atoms with E-state index < -0.39 is 11.7 Å². The Kier molecular flexibility index (Phi) is 4.78. The molecule has 0 saturated heterocycles. The quantitative estimate of drug-likeness (QED) is 0.837. The van der Waals surface area contributed by atoms with Crippen LogP contribution in [0.1, 0.15) is 44.6 Å². The van der Waals surface area contributed by atoms with Crippen molar-refractivity contribution in [2.75, 3.05) is 5.32 Å². The van der Waals surface area contributed by atoms with Gasteiger partial charge in [0.15, 0.2) is 0 Å². The lowest BCUT2D eigenvalue weighted by atomic mass is 9.83. The predicted octanol–water partition coefficient (Wildman–Crippen LogP) is 5.13. The molecule has 2 rings (SSSR count). The van der Waals surface area contributed by atoms with Crippen molar-refractivity contribution in [2.45, 2.75) is 51.2 Å². The van der Waals surface area contributed by atoms with Crippen LogP contribution in [0.25, 0.3) is 0 Å². The second kappa shape index (κ2) is 6.20. The first-order chi connectivity index (χ1) is 9.41. The summed E-state index contributed by atoms with van der Waals surface area (Å²) in [5, 5.41) is 3.25. The summed E-state index contributed by atoms with van der Waals surface area (Å²) in [6.07, 6.45) is 1.97. The first kappa shape index (κ1) is 15.4. The molecular weight excluding hydrogens is 289 g/mol. The lowest BCUT2D eigenvalue weighted by molar-refractivity contribution is -0.137. The van der Waals surface area contributed by atoms with Crippen LogP contribution in [0.15, 0.2) is 12.3 Å². The van der Waals surface area contributed by atoms with E-state index in [-0.39, 0.29) is 11.1 Å². The third-order valence-corrected chi connectivity index (χ3v) is 4.21. The van der Waals surface area contributed by atoms with Crippen LogP contribution >= 0.6 is 11.6 Å². The Bertz CT molecular complexity index is 462. The Morgan fingerprint density at radius 3 is 2.65 bits per heavy atom. The van der Waals surface area contributed by atoms with E-state index in [4.69, 9.17) is 11.6 Å². The molecule has 1 fully saturated rings. The predicted molar refractivity (Wildman–Crippen MR) is 73.9 cm³/mol. The van der Waals surface area contributed by atoms with Gasteiger partial charge in [-0.3, -0.25) is 0 Å².